The first kappa shape index (κ1) is 19.1. The molecule has 1 aromatic heterocycles. The summed E-state index contributed by atoms with van der Waals surface area (Å²) in [7, 11) is 0. The fraction of sp³-hybridized carbons (Fsp3) is 0.348. The van der Waals surface area contributed by atoms with Crippen molar-refractivity contribution < 1.29 is 13.9 Å². The Hall–Kier alpha value is -2.86. The highest BCUT2D eigenvalue weighted by molar-refractivity contribution is 6.30. The molecular weight excluding hydrogens is 402 g/mol. The molecular formula is C23H22ClN3O3. The van der Waals surface area contributed by atoms with Gasteiger partial charge in [-0.25, -0.2) is 0 Å². The van der Waals surface area contributed by atoms with Crippen molar-refractivity contribution in [2.75, 3.05) is 6.61 Å². The van der Waals surface area contributed by atoms with Crippen LogP contribution < -0.4 is 4.74 Å². The van der Waals surface area contributed by atoms with Crippen LogP contribution in [-0.2, 0) is 6.54 Å². The van der Waals surface area contributed by atoms with E-state index in [1.54, 1.807) is 12.1 Å². The summed E-state index contributed by atoms with van der Waals surface area (Å²) in [6.45, 7) is 1.05. The van der Waals surface area contributed by atoms with Gasteiger partial charge in [0.2, 0.25) is 11.8 Å². The number of carbonyl (C=O) groups is 1. The molecule has 0 unspecified atom stereocenters. The van der Waals surface area contributed by atoms with Gasteiger partial charge in [-0.3, -0.25) is 4.79 Å². The lowest BCUT2D eigenvalue weighted by molar-refractivity contribution is 0.0714. The number of carbonyl (C=O) groups excluding carboxylic acids is 1. The third-order valence-corrected chi connectivity index (χ3v) is 5.65. The smallest absolute Gasteiger partial charge is 0.254 e. The van der Waals surface area contributed by atoms with Gasteiger partial charge < -0.3 is 14.1 Å². The second-order valence-electron chi connectivity index (χ2n) is 7.95. The Bertz CT molecular complexity index is 1020. The number of nitrogens with zero attached hydrogens (tertiary/aromatic N) is 3. The second-order valence-corrected chi connectivity index (χ2v) is 8.39. The lowest BCUT2D eigenvalue weighted by atomic mass is 10.2. The molecule has 154 valence electrons. The van der Waals surface area contributed by atoms with Crippen LogP contribution in [0.2, 0.25) is 5.02 Å². The van der Waals surface area contributed by atoms with Gasteiger partial charge in [0, 0.05) is 22.2 Å². The van der Waals surface area contributed by atoms with Crippen molar-refractivity contribution in [2.45, 2.75) is 38.3 Å². The van der Waals surface area contributed by atoms with Crippen molar-refractivity contribution in [1.29, 1.82) is 0 Å². The van der Waals surface area contributed by atoms with Crippen molar-refractivity contribution in [3.63, 3.8) is 0 Å². The van der Waals surface area contributed by atoms with E-state index in [1.807, 2.05) is 41.3 Å². The minimum atomic E-state index is -0.0301. The second kappa shape index (κ2) is 8.11. The van der Waals surface area contributed by atoms with Crippen molar-refractivity contribution in [2.24, 2.45) is 5.92 Å². The van der Waals surface area contributed by atoms with Gasteiger partial charge in [0.05, 0.1) is 13.2 Å². The summed E-state index contributed by atoms with van der Waals surface area (Å²) in [6, 6.07) is 14.8. The standard InChI is InChI=1S/C23H22ClN3O3/c24-18-7-3-16(4-8-18)22-26-25-21(30-22)13-27(19-9-10-19)23(28)17-5-11-20(12-6-17)29-14-15-1-2-15/h3-8,11-12,15,19H,1-2,9-10,13-14H2. The molecule has 2 aliphatic rings. The summed E-state index contributed by atoms with van der Waals surface area (Å²) in [6.07, 6.45) is 4.49. The maximum absolute atomic E-state index is 13.1. The molecule has 0 N–H and O–H groups in total. The normalized spacial score (nSPS) is 15.8. The van der Waals surface area contributed by atoms with E-state index in [4.69, 9.17) is 20.8 Å². The average Bonchev–Trinajstić information content (AvgIpc) is 3.70. The summed E-state index contributed by atoms with van der Waals surface area (Å²) in [5, 5.41) is 8.90. The number of benzene rings is 2. The highest BCUT2D eigenvalue weighted by Gasteiger charge is 2.34. The minimum absolute atomic E-state index is 0.0301. The summed E-state index contributed by atoms with van der Waals surface area (Å²) >= 11 is 5.93. The first-order chi connectivity index (χ1) is 14.7. The van der Waals surface area contributed by atoms with Crippen molar-refractivity contribution in [3.8, 4) is 17.2 Å². The number of ether oxygens (including phenoxy) is 1. The fourth-order valence-corrected chi connectivity index (χ4v) is 3.41. The third kappa shape index (κ3) is 4.49. The lowest BCUT2D eigenvalue weighted by Crippen LogP contribution is -2.32. The monoisotopic (exact) mass is 423 g/mol. The topological polar surface area (TPSA) is 68.5 Å². The van der Waals surface area contributed by atoms with Crippen molar-refractivity contribution in [3.05, 3.63) is 65.0 Å². The molecule has 2 aromatic carbocycles. The zero-order chi connectivity index (χ0) is 20.5. The number of hydrogen-bond donors (Lipinski definition) is 0. The van der Waals surface area contributed by atoms with Gasteiger partial charge in [-0.1, -0.05) is 11.6 Å². The van der Waals surface area contributed by atoms with E-state index >= 15 is 0 Å². The van der Waals surface area contributed by atoms with E-state index in [9.17, 15) is 4.79 Å². The molecule has 1 amide bonds. The van der Waals surface area contributed by atoms with Crippen LogP contribution in [0.4, 0.5) is 0 Å². The highest BCUT2D eigenvalue weighted by atomic mass is 35.5. The molecule has 0 bridgehead atoms. The number of amides is 1. The molecule has 0 aliphatic heterocycles. The molecule has 0 atom stereocenters. The largest absolute Gasteiger partial charge is 0.493 e. The third-order valence-electron chi connectivity index (χ3n) is 5.40. The van der Waals surface area contributed by atoms with Crippen LogP contribution in [0.25, 0.3) is 11.5 Å². The van der Waals surface area contributed by atoms with Crippen LogP contribution in [0.15, 0.2) is 52.9 Å². The van der Waals surface area contributed by atoms with Gasteiger partial charge in [0.15, 0.2) is 0 Å². The van der Waals surface area contributed by atoms with Crippen molar-refractivity contribution >= 4 is 17.5 Å². The zero-order valence-electron chi connectivity index (χ0n) is 16.5. The summed E-state index contributed by atoms with van der Waals surface area (Å²) in [4.78, 5) is 14.9. The van der Waals surface area contributed by atoms with Gasteiger partial charge in [-0.2, -0.15) is 0 Å². The van der Waals surface area contributed by atoms with Gasteiger partial charge in [0.25, 0.3) is 5.91 Å². The van der Waals surface area contributed by atoms with Crippen LogP contribution in [0, 0.1) is 5.92 Å². The number of hydrogen-bond acceptors (Lipinski definition) is 5. The molecule has 2 fully saturated rings. The first-order valence-electron chi connectivity index (χ1n) is 10.3. The molecule has 0 saturated heterocycles. The summed E-state index contributed by atoms with van der Waals surface area (Å²) < 4.78 is 11.6. The van der Waals surface area contributed by atoms with Crippen LogP contribution in [-0.4, -0.2) is 33.7 Å². The SMILES string of the molecule is O=C(c1ccc(OCC2CC2)cc1)N(Cc1nnc(-c2ccc(Cl)cc2)o1)C1CC1. The lowest BCUT2D eigenvalue weighted by Gasteiger charge is -2.20. The first-order valence-corrected chi connectivity index (χ1v) is 10.7. The maximum Gasteiger partial charge on any atom is 0.254 e. The molecule has 3 aromatic rings. The molecule has 0 spiro atoms. The maximum atomic E-state index is 13.1. The number of aromatic nitrogens is 2. The van der Waals surface area contributed by atoms with Crippen LogP contribution in [0.1, 0.15) is 41.9 Å². The Morgan fingerprint density at radius 2 is 1.77 bits per heavy atom. The van der Waals surface area contributed by atoms with E-state index in [0.717, 1.165) is 30.8 Å². The Morgan fingerprint density at radius 3 is 2.43 bits per heavy atom. The predicted molar refractivity (Wildman–Crippen MR) is 112 cm³/mol. The summed E-state index contributed by atoms with van der Waals surface area (Å²) in [5.41, 5.74) is 1.43. The molecule has 30 heavy (non-hydrogen) atoms. The van der Waals surface area contributed by atoms with E-state index in [0.29, 0.717) is 34.8 Å². The molecule has 6 nitrogen and oxygen atoms in total. The Labute approximate surface area is 179 Å². The van der Waals surface area contributed by atoms with E-state index in [2.05, 4.69) is 10.2 Å². The Morgan fingerprint density at radius 1 is 1.03 bits per heavy atom. The predicted octanol–water partition coefficient (Wildman–Crippen LogP) is 4.98. The Kier molecular flexibility index (Phi) is 5.17. The summed E-state index contributed by atoms with van der Waals surface area (Å²) in [5.74, 6) is 2.31. The molecule has 7 heteroatoms. The number of halogens is 1. The van der Waals surface area contributed by atoms with Crippen LogP contribution in [0.3, 0.4) is 0 Å². The molecule has 1 heterocycles. The van der Waals surface area contributed by atoms with E-state index in [-0.39, 0.29) is 11.9 Å². The van der Waals surface area contributed by atoms with Gasteiger partial charge in [-0.05, 0) is 80.1 Å². The van der Waals surface area contributed by atoms with Gasteiger partial charge >= 0.3 is 0 Å². The van der Waals surface area contributed by atoms with Gasteiger partial charge in [0.1, 0.15) is 5.75 Å². The molecule has 5 rings (SSSR count). The fourth-order valence-electron chi connectivity index (χ4n) is 3.28. The minimum Gasteiger partial charge on any atom is -0.493 e. The van der Waals surface area contributed by atoms with E-state index in [1.165, 1.54) is 12.8 Å². The molecule has 2 aliphatic carbocycles. The number of rotatable bonds is 8. The van der Waals surface area contributed by atoms with Crippen molar-refractivity contribution in [1.82, 2.24) is 15.1 Å². The van der Waals surface area contributed by atoms with Gasteiger partial charge in [-0.15, -0.1) is 10.2 Å². The van der Waals surface area contributed by atoms with Crippen LogP contribution in [0.5, 0.6) is 5.75 Å². The molecule has 2 saturated carbocycles. The quantitative estimate of drug-likeness (QED) is 0.511. The average molecular weight is 424 g/mol. The Balaban J connectivity index is 1.27. The zero-order valence-corrected chi connectivity index (χ0v) is 17.2. The van der Waals surface area contributed by atoms with E-state index < -0.39 is 0 Å². The van der Waals surface area contributed by atoms with Crippen LogP contribution >= 0.6 is 11.6 Å². The highest BCUT2D eigenvalue weighted by Crippen LogP contribution is 2.31. The molecule has 0 radical (unpaired) electrons.